The van der Waals surface area contributed by atoms with Crippen molar-refractivity contribution in [1.29, 1.82) is 0 Å². The van der Waals surface area contributed by atoms with Crippen LogP contribution in [0.2, 0.25) is 0 Å². The number of pyridine rings is 3. The molecule has 4 heterocycles. The zero-order valence-corrected chi connectivity index (χ0v) is 19.6. The third-order valence-electron chi connectivity index (χ3n) is 6.64. The molecule has 184 valence electrons. The molecule has 0 saturated heterocycles. The highest BCUT2D eigenvalue weighted by molar-refractivity contribution is 5.86. The van der Waals surface area contributed by atoms with Crippen LogP contribution < -0.4 is 5.56 Å². The second-order valence-corrected chi connectivity index (χ2v) is 8.94. The topological polar surface area (TPSA) is 65.6 Å². The Kier molecular flexibility index (Phi) is 5.29. The second-order valence-electron chi connectivity index (χ2n) is 8.94. The number of nitrogens with zero attached hydrogens (tertiary/aromatic N) is 5. The molecular formula is C28H20F3N5O. The van der Waals surface area contributed by atoms with Crippen LogP contribution in [0.25, 0.3) is 33.1 Å². The van der Waals surface area contributed by atoms with Gasteiger partial charge in [0.25, 0.3) is 5.56 Å². The van der Waals surface area contributed by atoms with E-state index in [4.69, 9.17) is 5.10 Å². The van der Waals surface area contributed by atoms with Gasteiger partial charge in [-0.1, -0.05) is 30.4 Å². The molecule has 37 heavy (non-hydrogen) atoms. The lowest BCUT2D eigenvalue weighted by molar-refractivity contribution is -0.0886. The first-order valence-electron chi connectivity index (χ1n) is 11.7. The molecule has 0 aliphatic heterocycles. The Hall–Kier alpha value is -4.53. The maximum Gasteiger partial charge on any atom is 0.416 e. The van der Waals surface area contributed by atoms with Gasteiger partial charge >= 0.3 is 6.18 Å². The average Bonchev–Trinajstić information content (AvgIpc) is 3.34. The lowest BCUT2D eigenvalue weighted by Gasteiger charge is -2.18. The van der Waals surface area contributed by atoms with Gasteiger partial charge in [0.15, 0.2) is 0 Å². The van der Waals surface area contributed by atoms with Gasteiger partial charge in [0.2, 0.25) is 0 Å². The SMILES string of the molecule is Cc1nccc2cc(-n3cc(-n4ccc5cccnc5c4=O)c(C4C=CC(C(F)(F)F)=CC4)n3)ccc12. The van der Waals surface area contributed by atoms with Gasteiger partial charge in [0.05, 0.1) is 28.8 Å². The molecule has 0 bridgehead atoms. The van der Waals surface area contributed by atoms with E-state index in [1.807, 2.05) is 31.2 Å². The lowest BCUT2D eigenvalue weighted by Crippen LogP contribution is -2.20. The molecule has 0 radical (unpaired) electrons. The van der Waals surface area contributed by atoms with E-state index in [0.29, 0.717) is 22.3 Å². The number of rotatable bonds is 3. The lowest BCUT2D eigenvalue weighted by atomic mass is 9.93. The zero-order valence-electron chi connectivity index (χ0n) is 19.6. The molecule has 0 saturated carbocycles. The monoisotopic (exact) mass is 499 g/mol. The van der Waals surface area contributed by atoms with Gasteiger partial charge in [-0.25, -0.2) is 4.68 Å². The van der Waals surface area contributed by atoms with Crippen LogP contribution >= 0.6 is 0 Å². The molecule has 0 N–H and O–H groups in total. The number of hydrogen-bond acceptors (Lipinski definition) is 4. The molecule has 0 spiro atoms. The first-order valence-corrected chi connectivity index (χ1v) is 11.7. The summed E-state index contributed by atoms with van der Waals surface area (Å²) >= 11 is 0. The van der Waals surface area contributed by atoms with E-state index in [0.717, 1.165) is 28.2 Å². The highest BCUT2D eigenvalue weighted by Crippen LogP contribution is 2.36. The summed E-state index contributed by atoms with van der Waals surface area (Å²) in [5.74, 6) is -0.444. The second kappa shape index (κ2) is 8.55. The van der Waals surface area contributed by atoms with E-state index in [9.17, 15) is 18.0 Å². The summed E-state index contributed by atoms with van der Waals surface area (Å²) in [6, 6.07) is 13.1. The van der Waals surface area contributed by atoms with Crippen LogP contribution in [-0.2, 0) is 0 Å². The Morgan fingerprint density at radius 1 is 1.03 bits per heavy atom. The third kappa shape index (κ3) is 4.02. The molecule has 4 aromatic heterocycles. The van der Waals surface area contributed by atoms with Gasteiger partial charge in [-0.15, -0.1) is 0 Å². The normalized spacial score (nSPS) is 15.9. The molecule has 9 heteroatoms. The number of allylic oxidation sites excluding steroid dienone is 4. The Labute approximate surface area is 209 Å². The minimum absolute atomic E-state index is 0.110. The fourth-order valence-electron chi connectivity index (χ4n) is 4.71. The number of alkyl halides is 3. The molecule has 1 aliphatic rings. The summed E-state index contributed by atoms with van der Waals surface area (Å²) in [7, 11) is 0. The minimum atomic E-state index is -4.41. The summed E-state index contributed by atoms with van der Waals surface area (Å²) in [6.45, 7) is 1.93. The van der Waals surface area contributed by atoms with Gasteiger partial charge in [0.1, 0.15) is 5.52 Å². The highest BCUT2D eigenvalue weighted by Gasteiger charge is 2.34. The van der Waals surface area contributed by atoms with Crippen molar-refractivity contribution in [2.45, 2.75) is 25.4 Å². The molecule has 1 unspecified atom stereocenters. The molecular weight excluding hydrogens is 479 g/mol. The quantitative estimate of drug-likeness (QED) is 0.307. The number of halogens is 3. The number of hydrogen-bond donors (Lipinski definition) is 0. The van der Waals surface area contributed by atoms with Gasteiger partial charge in [-0.05, 0) is 49.1 Å². The van der Waals surface area contributed by atoms with Crippen molar-refractivity contribution in [2.24, 2.45) is 0 Å². The van der Waals surface area contributed by atoms with Crippen molar-refractivity contribution in [3.05, 3.63) is 113 Å². The number of aryl methyl sites for hydroxylation is 1. The fraction of sp³-hybridized carbons (Fsp3) is 0.143. The summed E-state index contributed by atoms with van der Waals surface area (Å²) in [6.07, 6.45) is 6.11. The van der Waals surface area contributed by atoms with Gasteiger partial charge in [-0.2, -0.15) is 18.3 Å². The van der Waals surface area contributed by atoms with E-state index >= 15 is 0 Å². The first-order chi connectivity index (χ1) is 17.8. The van der Waals surface area contributed by atoms with Crippen LogP contribution in [0.5, 0.6) is 0 Å². The van der Waals surface area contributed by atoms with Crippen LogP contribution in [0.3, 0.4) is 0 Å². The molecule has 6 rings (SSSR count). The summed E-state index contributed by atoms with van der Waals surface area (Å²) < 4.78 is 42.7. The van der Waals surface area contributed by atoms with Gasteiger partial charge in [0, 0.05) is 41.0 Å². The van der Waals surface area contributed by atoms with Crippen molar-refractivity contribution >= 4 is 21.7 Å². The van der Waals surface area contributed by atoms with Crippen molar-refractivity contribution in [3.63, 3.8) is 0 Å². The van der Waals surface area contributed by atoms with E-state index in [-0.39, 0.29) is 12.0 Å². The van der Waals surface area contributed by atoms with Crippen LogP contribution in [-0.4, -0.2) is 30.5 Å². The Morgan fingerprint density at radius 3 is 2.68 bits per heavy atom. The van der Waals surface area contributed by atoms with Crippen LogP contribution in [0.15, 0.2) is 95.8 Å². The maximum atomic E-state index is 13.4. The fourth-order valence-corrected chi connectivity index (χ4v) is 4.71. The molecule has 1 atom stereocenters. The van der Waals surface area contributed by atoms with Crippen LogP contribution in [0.4, 0.5) is 13.2 Å². The molecule has 5 aromatic rings. The molecule has 1 aromatic carbocycles. The smallest absolute Gasteiger partial charge is 0.279 e. The first kappa shape index (κ1) is 22.9. The van der Waals surface area contributed by atoms with E-state index in [1.165, 1.54) is 16.7 Å². The summed E-state index contributed by atoms with van der Waals surface area (Å²) in [4.78, 5) is 21.9. The Morgan fingerprint density at radius 2 is 1.89 bits per heavy atom. The minimum Gasteiger partial charge on any atom is -0.279 e. The van der Waals surface area contributed by atoms with Crippen LogP contribution in [0.1, 0.15) is 23.7 Å². The average molecular weight is 499 g/mol. The summed E-state index contributed by atoms with van der Waals surface area (Å²) in [5.41, 5.74) is 1.93. The van der Waals surface area contributed by atoms with E-state index in [2.05, 4.69) is 9.97 Å². The third-order valence-corrected chi connectivity index (χ3v) is 6.64. The van der Waals surface area contributed by atoms with Gasteiger partial charge < -0.3 is 0 Å². The Balaban J connectivity index is 1.51. The largest absolute Gasteiger partial charge is 0.416 e. The maximum absolute atomic E-state index is 13.4. The predicted octanol–water partition coefficient (Wildman–Crippen LogP) is 5.96. The number of aromatic nitrogens is 5. The molecule has 6 nitrogen and oxygen atoms in total. The standard InChI is InChI=1S/C28H20F3N5O/c1-17-23-9-8-22(15-20(23)10-13-32-17)36-16-24(35-14-11-18-3-2-12-33-26(18)27(35)37)25(34-36)19-4-6-21(7-5-19)28(29,30)31/h2-4,6-16,19H,5H2,1H3. The van der Waals surface area contributed by atoms with Gasteiger partial charge in [-0.3, -0.25) is 19.3 Å². The molecule has 1 aliphatic carbocycles. The van der Waals surface area contributed by atoms with Crippen molar-refractivity contribution in [2.75, 3.05) is 0 Å². The van der Waals surface area contributed by atoms with Crippen molar-refractivity contribution < 1.29 is 13.2 Å². The van der Waals surface area contributed by atoms with E-state index < -0.39 is 17.7 Å². The highest BCUT2D eigenvalue weighted by atomic mass is 19.4. The zero-order chi connectivity index (χ0) is 25.7. The van der Waals surface area contributed by atoms with Crippen molar-refractivity contribution in [1.82, 2.24) is 24.3 Å². The predicted molar refractivity (Wildman–Crippen MR) is 135 cm³/mol. The number of fused-ring (bicyclic) bond motifs is 2. The number of benzene rings is 1. The van der Waals surface area contributed by atoms with Crippen LogP contribution in [0, 0.1) is 6.92 Å². The molecule has 0 fully saturated rings. The van der Waals surface area contributed by atoms with Crippen molar-refractivity contribution in [3.8, 4) is 11.4 Å². The summed E-state index contributed by atoms with van der Waals surface area (Å²) in [5, 5.41) is 7.47. The Bertz CT molecular complexity index is 1800. The molecule has 0 amide bonds. The van der Waals surface area contributed by atoms with E-state index in [1.54, 1.807) is 47.7 Å².